The lowest BCUT2D eigenvalue weighted by Gasteiger charge is -2.12. The van der Waals surface area contributed by atoms with Gasteiger partial charge in [0.1, 0.15) is 0 Å². The first-order valence-electron chi connectivity index (χ1n) is 7.08. The molecule has 0 spiro atoms. The van der Waals surface area contributed by atoms with Crippen LogP contribution in [0, 0.1) is 13.8 Å². The molecule has 0 atom stereocenters. The summed E-state index contributed by atoms with van der Waals surface area (Å²) in [6.07, 6.45) is 5.80. The first-order valence-corrected chi connectivity index (χ1v) is 7.08. The molecule has 1 N–H and O–H groups in total. The summed E-state index contributed by atoms with van der Waals surface area (Å²) in [6.45, 7) is 4.31. The highest BCUT2D eigenvalue weighted by Crippen LogP contribution is 2.28. The zero-order valence-corrected chi connectivity index (χ0v) is 12.3. The molecule has 0 saturated heterocycles. The number of aryl methyl sites for hydroxylation is 1. The Bertz CT molecular complexity index is 754. The first-order chi connectivity index (χ1) is 10.3. The molecule has 2 heteroatoms. The van der Waals surface area contributed by atoms with E-state index < -0.39 is 0 Å². The quantitative estimate of drug-likeness (QED) is 0.694. The maximum absolute atomic E-state index is 4.17. The standard InChI is InChI=1S/C19H18N2/c1-14-7-6-10-17(15(14)2)18(19-12-20-13-21-19)11-16-8-4-3-5-9-16/h3-13H,1-2H3,(H,20,21)/b18-11-. The average molecular weight is 274 g/mol. The van der Waals surface area contributed by atoms with Gasteiger partial charge in [0.15, 0.2) is 0 Å². The molecule has 0 aliphatic heterocycles. The Kier molecular flexibility index (Phi) is 3.69. The van der Waals surface area contributed by atoms with Crippen molar-refractivity contribution in [3.8, 4) is 0 Å². The van der Waals surface area contributed by atoms with Crippen LogP contribution in [0.4, 0.5) is 0 Å². The van der Waals surface area contributed by atoms with Crippen molar-refractivity contribution in [2.75, 3.05) is 0 Å². The summed E-state index contributed by atoms with van der Waals surface area (Å²) in [5, 5.41) is 0. The topological polar surface area (TPSA) is 28.7 Å². The number of aromatic nitrogens is 2. The molecule has 0 radical (unpaired) electrons. The van der Waals surface area contributed by atoms with Crippen molar-refractivity contribution in [1.29, 1.82) is 0 Å². The van der Waals surface area contributed by atoms with Gasteiger partial charge in [-0.1, -0.05) is 48.5 Å². The number of benzene rings is 2. The van der Waals surface area contributed by atoms with Crippen LogP contribution in [-0.4, -0.2) is 9.97 Å². The highest BCUT2D eigenvalue weighted by atomic mass is 14.9. The van der Waals surface area contributed by atoms with Gasteiger partial charge < -0.3 is 4.98 Å². The van der Waals surface area contributed by atoms with Gasteiger partial charge in [0, 0.05) is 5.57 Å². The van der Waals surface area contributed by atoms with Crippen LogP contribution >= 0.6 is 0 Å². The lowest BCUT2D eigenvalue weighted by molar-refractivity contribution is 1.28. The van der Waals surface area contributed by atoms with Crippen LogP contribution in [0.15, 0.2) is 61.1 Å². The molecule has 0 aliphatic rings. The molecule has 1 heterocycles. The smallest absolute Gasteiger partial charge is 0.0924 e. The van der Waals surface area contributed by atoms with Crippen molar-refractivity contribution in [2.45, 2.75) is 13.8 Å². The SMILES string of the molecule is Cc1cccc(/C(=C/c2ccccc2)c2cnc[nH]2)c1C. The van der Waals surface area contributed by atoms with Gasteiger partial charge >= 0.3 is 0 Å². The van der Waals surface area contributed by atoms with Gasteiger partial charge in [-0.2, -0.15) is 0 Å². The second-order valence-electron chi connectivity index (χ2n) is 5.18. The van der Waals surface area contributed by atoms with E-state index >= 15 is 0 Å². The van der Waals surface area contributed by atoms with Crippen molar-refractivity contribution >= 4 is 11.6 Å². The number of rotatable bonds is 3. The van der Waals surface area contributed by atoms with Crippen LogP contribution in [0.2, 0.25) is 0 Å². The molecule has 21 heavy (non-hydrogen) atoms. The van der Waals surface area contributed by atoms with Crippen molar-refractivity contribution < 1.29 is 0 Å². The lowest BCUT2D eigenvalue weighted by atomic mass is 9.94. The van der Waals surface area contributed by atoms with E-state index in [9.17, 15) is 0 Å². The van der Waals surface area contributed by atoms with Crippen molar-refractivity contribution in [3.63, 3.8) is 0 Å². The molecule has 3 rings (SSSR count). The Labute approximate surface area is 125 Å². The molecular formula is C19H18N2. The molecular weight excluding hydrogens is 256 g/mol. The summed E-state index contributed by atoms with van der Waals surface area (Å²) >= 11 is 0. The van der Waals surface area contributed by atoms with Gasteiger partial charge in [-0.15, -0.1) is 0 Å². The highest BCUT2D eigenvalue weighted by Gasteiger charge is 2.10. The number of hydrogen-bond donors (Lipinski definition) is 1. The third kappa shape index (κ3) is 2.79. The van der Waals surface area contributed by atoms with Gasteiger partial charge in [0.25, 0.3) is 0 Å². The van der Waals surface area contributed by atoms with Crippen LogP contribution in [0.25, 0.3) is 11.6 Å². The second-order valence-corrected chi connectivity index (χ2v) is 5.18. The number of hydrogen-bond acceptors (Lipinski definition) is 1. The molecule has 0 unspecified atom stereocenters. The Morgan fingerprint density at radius 3 is 2.52 bits per heavy atom. The Morgan fingerprint density at radius 1 is 1.00 bits per heavy atom. The van der Waals surface area contributed by atoms with E-state index in [0.29, 0.717) is 0 Å². The maximum Gasteiger partial charge on any atom is 0.0924 e. The molecule has 0 saturated carbocycles. The van der Waals surface area contributed by atoms with Gasteiger partial charge in [0.05, 0.1) is 18.2 Å². The lowest BCUT2D eigenvalue weighted by Crippen LogP contribution is -1.94. The fourth-order valence-corrected chi connectivity index (χ4v) is 2.46. The molecule has 3 aromatic rings. The van der Waals surface area contributed by atoms with Gasteiger partial charge in [-0.05, 0) is 42.2 Å². The average Bonchev–Trinajstić information content (AvgIpc) is 3.03. The summed E-state index contributed by atoms with van der Waals surface area (Å²) in [6, 6.07) is 16.8. The van der Waals surface area contributed by atoms with E-state index in [1.807, 2.05) is 12.3 Å². The predicted molar refractivity (Wildman–Crippen MR) is 87.9 cm³/mol. The molecule has 0 aliphatic carbocycles. The van der Waals surface area contributed by atoms with Crippen LogP contribution in [0.1, 0.15) is 27.9 Å². The van der Waals surface area contributed by atoms with E-state index in [1.54, 1.807) is 6.33 Å². The van der Waals surface area contributed by atoms with E-state index in [0.717, 1.165) is 5.69 Å². The van der Waals surface area contributed by atoms with Crippen molar-refractivity contribution in [3.05, 3.63) is 89.0 Å². The third-order valence-electron chi connectivity index (χ3n) is 3.79. The van der Waals surface area contributed by atoms with E-state index in [4.69, 9.17) is 0 Å². The van der Waals surface area contributed by atoms with Crippen LogP contribution in [-0.2, 0) is 0 Å². The molecule has 2 nitrogen and oxygen atoms in total. The van der Waals surface area contributed by atoms with Crippen molar-refractivity contribution in [1.82, 2.24) is 9.97 Å². The molecule has 0 bridgehead atoms. The van der Waals surface area contributed by atoms with Crippen LogP contribution in [0.3, 0.4) is 0 Å². The van der Waals surface area contributed by atoms with Crippen molar-refractivity contribution in [2.24, 2.45) is 0 Å². The molecule has 0 amide bonds. The fraction of sp³-hybridized carbons (Fsp3) is 0.105. The summed E-state index contributed by atoms with van der Waals surface area (Å²) in [5.41, 5.74) is 7.22. The van der Waals surface area contributed by atoms with Gasteiger partial charge in [-0.3, -0.25) is 0 Å². The van der Waals surface area contributed by atoms with Crippen LogP contribution < -0.4 is 0 Å². The van der Waals surface area contributed by atoms with E-state index in [1.165, 1.54) is 27.8 Å². The minimum absolute atomic E-state index is 1.03. The van der Waals surface area contributed by atoms with E-state index in [-0.39, 0.29) is 0 Å². The molecule has 1 aromatic heterocycles. The number of H-pyrrole nitrogens is 1. The summed E-state index contributed by atoms with van der Waals surface area (Å²) in [7, 11) is 0. The van der Waals surface area contributed by atoms with E-state index in [2.05, 4.69) is 72.4 Å². The third-order valence-corrected chi connectivity index (χ3v) is 3.79. The zero-order valence-electron chi connectivity index (χ0n) is 12.3. The number of nitrogens with zero attached hydrogens (tertiary/aromatic N) is 1. The normalized spacial score (nSPS) is 11.6. The van der Waals surface area contributed by atoms with Crippen LogP contribution in [0.5, 0.6) is 0 Å². The number of aromatic amines is 1. The minimum Gasteiger partial charge on any atom is -0.345 e. The Balaban J connectivity index is 2.18. The minimum atomic E-state index is 1.03. The molecule has 0 fully saturated rings. The molecule has 2 aromatic carbocycles. The first kappa shape index (κ1) is 13.4. The summed E-state index contributed by atoms with van der Waals surface area (Å²) < 4.78 is 0. The number of imidazole rings is 1. The Morgan fingerprint density at radius 2 is 1.81 bits per heavy atom. The van der Waals surface area contributed by atoms with Gasteiger partial charge in [0.2, 0.25) is 0 Å². The summed E-state index contributed by atoms with van der Waals surface area (Å²) in [5.74, 6) is 0. The largest absolute Gasteiger partial charge is 0.345 e. The monoisotopic (exact) mass is 274 g/mol. The second kappa shape index (κ2) is 5.80. The summed E-state index contributed by atoms with van der Waals surface area (Å²) in [4.78, 5) is 7.39. The fourth-order valence-electron chi connectivity index (χ4n) is 2.46. The zero-order chi connectivity index (χ0) is 14.7. The molecule has 104 valence electrons. The predicted octanol–water partition coefficient (Wildman–Crippen LogP) is 4.62. The maximum atomic E-state index is 4.17. The Hall–Kier alpha value is -2.61. The highest BCUT2D eigenvalue weighted by molar-refractivity contribution is 5.91. The van der Waals surface area contributed by atoms with Gasteiger partial charge in [-0.25, -0.2) is 4.98 Å². The number of nitrogens with one attached hydrogen (secondary N) is 1.